The van der Waals surface area contributed by atoms with Crippen LogP contribution in [0.3, 0.4) is 0 Å². The van der Waals surface area contributed by atoms with Crippen molar-refractivity contribution in [2.45, 2.75) is 16.9 Å². The number of benzene rings is 2. The van der Waals surface area contributed by atoms with Crippen molar-refractivity contribution in [3.63, 3.8) is 0 Å². The molecule has 0 saturated carbocycles. The van der Waals surface area contributed by atoms with Crippen LogP contribution in [0, 0.1) is 5.82 Å². The summed E-state index contributed by atoms with van der Waals surface area (Å²) in [7, 11) is 0. The number of nitrogens with zero attached hydrogens (tertiary/aromatic N) is 1. The normalized spacial score (nSPS) is 20.2. The predicted octanol–water partition coefficient (Wildman–Crippen LogP) is 3.26. The second-order valence-corrected chi connectivity index (χ2v) is 8.67. The van der Waals surface area contributed by atoms with E-state index in [9.17, 15) is 42.6 Å². The van der Waals surface area contributed by atoms with Gasteiger partial charge in [0.1, 0.15) is 22.1 Å². The van der Waals surface area contributed by atoms with E-state index in [1.807, 2.05) is 0 Å². The van der Waals surface area contributed by atoms with E-state index in [0.29, 0.717) is 16.7 Å². The highest BCUT2D eigenvalue weighted by Crippen LogP contribution is 2.43. The predicted molar refractivity (Wildman–Crippen MR) is 113 cm³/mol. The van der Waals surface area contributed by atoms with Gasteiger partial charge in [-0.2, -0.15) is 0 Å². The van der Waals surface area contributed by atoms with E-state index in [-0.39, 0.29) is 16.8 Å². The zero-order valence-electron chi connectivity index (χ0n) is 17.2. The Morgan fingerprint density at radius 3 is 2.20 bits per heavy atom. The Labute approximate surface area is 197 Å². The largest absolute Gasteiger partial charge is 0.573 e. The monoisotopic (exact) mass is 511 g/mol. The molecule has 0 aromatic heterocycles. The fourth-order valence-electron chi connectivity index (χ4n) is 3.86. The number of halogens is 4. The third kappa shape index (κ3) is 4.58. The lowest BCUT2D eigenvalue weighted by Gasteiger charge is -2.29. The third-order valence-electron chi connectivity index (χ3n) is 5.25. The number of hydrogen-bond donors (Lipinski definition) is 2. The Morgan fingerprint density at radius 2 is 1.60 bits per heavy atom. The van der Waals surface area contributed by atoms with Gasteiger partial charge in [-0.1, -0.05) is 18.2 Å². The van der Waals surface area contributed by atoms with Gasteiger partial charge in [-0.15, -0.1) is 24.9 Å². The molecule has 1 amide bonds. The lowest BCUT2D eigenvalue weighted by molar-refractivity contribution is -0.274. The van der Waals surface area contributed by atoms with E-state index in [1.54, 1.807) is 0 Å². The maximum atomic E-state index is 15.0. The van der Waals surface area contributed by atoms with Gasteiger partial charge >= 0.3 is 18.3 Å². The first kappa shape index (κ1) is 24.3. The molecule has 182 valence electrons. The van der Waals surface area contributed by atoms with Gasteiger partial charge in [0.25, 0.3) is 5.91 Å². The van der Waals surface area contributed by atoms with Crippen LogP contribution in [0.2, 0.25) is 0 Å². The van der Waals surface area contributed by atoms with Crippen LogP contribution in [0.5, 0.6) is 5.75 Å². The first-order valence-corrected chi connectivity index (χ1v) is 10.7. The van der Waals surface area contributed by atoms with Crippen molar-refractivity contribution in [1.29, 1.82) is 0 Å². The van der Waals surface area contributed by atoms with Crippen LogP contribution in [0.25, 0.3) is 11.1 Å². The minimum absolute atomic E-state index is 0.139. The van der Waals surface area contributed by atoms with Gasteiger partial charge in [0.05, 0.1) is 17.8 Å². The zero-order chi connectivity index (χ0) is 25.7. The van der Waals surface area contributed by atoms with Crippen LogP contribution in [-0.4, -0.2) is 57.2 Å². The molecule has 2 N–H and O–H groups in total. The maximum Gasteiger partial charge on any atom is 0.573 e. The molecule has 35 heavy (non-hydrogen) atoms. The van der Waals surface area contributed by atoms with Gasteiger partial charge in [0.15, 0.2) is 5.78 Å². The number of aliphatic carboxylic acids is 2. The summed E-state index contributed by atoms with van der Waals surface area (Å²) in [6.07, 6.45) is -4.92. The van der Waals surface area contributed by atoms with Gasteiger partial charge in [0, 0.05) is 5.57 Å². The summed E-state index contributed by atoms with van der Waals surface area (Å²) in [5, 5.41) is 15.6. The van der Waals surface area contributed by atoms with Gasteiger partial charge in [0.2, 0.25) is 0 Å². The van der Waals surface area contributed by atoms with E-state index in [4.69, 9.17) is 0 Å². The Kier molecular flexibility index (Phi) is 6.05. The van der Waals surface area contributed by atoms with Crippen LogP contribution >= 0.6 is 11.8 Å². The van der Waals surface area contributed by atoms with E-state index in [0.717, 1.165) is 24.3 Å². The fraction of sp³-hybridized carbons (Fsp3) is 0.182. The molecule has 2 aliphatic heterocycles. The summed E-state index contributed by atoms with van der Waals surface area (Å²) < 4.78 is 56.4. The summed E-state index contributed by atoms with van der Waals surface area (Å²) in [5.41, 5.74) is -1.01. The summed E-state index contributed by atoms with van der Waals surface area (Å²) in [6.45, 7) is -0.709. The molecule has 2 aromatic carbocycles. The molecule has 0 aliphatic carbocycles. The van der Waals surface area contributed by atoms with Gasteiger partial charge in [-0.25, -0.2) is 4.39 Å². The number of carbonyl (C=O) groups is 4. The quantitative estimate of drug-likeness (QED) is 0.587. The average molecular weight is 511 g/mol. The minimum Gasteiger partial charge on any atom is -0.480 e. The van der Waals surface area contributed by atoms with E-state index < -0.39 is 69.7 Å². The molecule has 0 fully saturated rings. The Balaban J connectivity index is 1.69. The van der Waals surface area contributed by atoms with E-state index >= 15 is 4.39 Å². The standard InChI is InChI=1S/C22H13F4NO7S/c23-12-7-10(9-2-1-3-11(6-9)34-22(24,25)26)4-5-13(12)27-8-14(28)15-16(19(27)29)18(21(32)33)35-17(15)20(30)31/h1-7,17-18H,8H2,(H,30,31)(H,32,33). The number of carboxylic acid groups (broad SMARTS) is 2. The van der Waals surface area contributed by atoms with Crippen molar-refractivity contribution >= 4 is 41.1 Å². The summed E-state index contributed by atoms with van der Waals surface area (Å²) in [4.78, 5) is 49.6. The SMILES string of the molecule is O=C1CN(c2ccc(-c3cccc(OC(F)(F)F)c3)cc2F)C(=O)C2=C1C(C(=O)O)SC2C(=O)O. The lowest BCUT2D eigenvalue weighted by atomic mass is 9.92. The van der Waals surface area contributed by atoms with Crippen molar-refractivity contribution < 1.29 is 51.7 Å². The molecule has 2 unspecified atom stereocenters. The van der Waals surface area contributed by atoms with Crippen molar-refractivity contribution in [1.82, 2.24) is 0 Å². The highest BCUT2D eigenvalue weighted by molar-refractivity contribution is 8.02. The Hall–Kier alpha value is -3.87. The summed E-state index contributed by atoms with van der Waals surface area (Å²) in [6, 6.07) is 8.12. The lowest BCUT2D eigenvalue weighted by Crippen LogP contribution is -2.45. The number of anilines is 1. The molecule has 0 spiro atoms. The van der Waals surface area contributed by atoms with Crippen LogP contribution < -0.4 is 9.64 Å². The van der Waals surface area contributed by atoms with Crippen LogP contribution in [0.1, 0.15) is 0 Å². The van der Waals surface area contributed by atoms with E-state index in [2.05, 4.69) is 4.74 Å². The minimum atomic E-state index is -4.92. The van der Waals surface area contributed by atoms with Gasteiger partial charge in [-0.05, 0) is 35.4 Å². The Morgan fingerprint density at radius 1 is 0.971 bits per heavy atom. The second-order valence-electron chi connectivity index (χ2n) is 7.46. The van der Waals surface area contributed by atoms with Crippen molar-refractivity contribution in [3.8, 4) is 16.9 Å². The van der Waals surface area contributed by atoms with Crippen molar-refractivity contribution in [2.24, 2.45) is 0 Å². The molecular formula is C22H13F4NO7S. The number of carbonyl (C=O) groups excluding carboxylic acids is 2. The maximum absolute atomic E-state index is 15.0. The van der Waals surface area contributed by atoms with Gasteiger partial charge in [-0.3, -0.25) is 24.1 Å². The third-order valence-corrected chi connectivity index (χ3v) is 6.67. The average Bonchev–Trinajstić information content (AvgIpc) is 3.18. The molecular weight excluding hydrogens is 498 g/mol. The molecule has 2 aromatic rings. The fourth-order valence-corrected chi connectivity index (χ4v) is 5.12. The zero-order valence-corrected chi connectivity index (χ0v) is 18.0. The highest BCUT2D eigenvalue weighted by Gasteiger charge is 2.51. The van der Waals surface area contributed by atoms with E-state index in [1.165, 1.54) is 18.2 Å². The molecule has 13 heteroatoms. The Bertz CT molecular complexity index is 1310. The molecule has 0 radical (unpaired) electrons. The number of ether oxygens (including phenoxy) is 1. The molecule has 2 atom stereocenters. The first-order valence-electron chi connectivity index (χ1n) is 9.73. The number of amides is 1. The molecule has 8 nitrogen and oxygen atoms in total. The number of carboxylic acids is 2. The van der Waals surface area contributed by atoms with Gasteiger partial charge < -0.3 is 14.9 Å². The highest BCUT2D eigenvalue weighted by atomic mass is 32.2. The molecule has 2 heterocycles. The number of Topliss-reactive ketones (excluding diaryl/α,β-unsaturated/α-hetero) is 1. The second kappa shape index (κ2) is 8.73. The first-order chi connectivity index (χ1) is 16.4. The number of rotatable bonds is 5. The topological polar surface area (TPSA) is 121 Å². The smallest absolute Gasteiger partial charge is 0.480 e. The van der Waals surface area contributed by atoms with Crippen LogP contribution in [-0.2, 0) is 19.2 Å². The van der Waals surface area contributed by atoms with Crippen LogP contribution in [0.4, 0.5) is 23.2 Å². The summed E-state index contributed by atoms with van der Waals surface area (Å²) >= 11 is 0.419. The molecule has 0 bridgehead atoms. The number of hydrogen-bond acceptors (Lipinski definition) is 6. The summed E-state index contributed by atoms with van der Waals surface area (Å²) in [5.74, 6) is -6.39. The number of thioether (sulfide) groups is 1. The van der Waals surface area contributed by atoms with Crippen LogP contribution in [0.15, 0.2) is 53.6 Å². The van der Waals surface area contributed by atoms with Crippen molar-refractivity contribution in [2.75, 3.05) is 11.4 Å². The molecule has 4 rings (SSSR count). The molecule has 0 saturated heterocycles. The number of alkyl halides is 3. The van der Waals surface area contributed by atoms with Crippen molar-refractivity contribution in [3.05, 3.63) is 59.4 Å². The number of ketones is 1. The molecule has 2 aliphatic rings.